The molecule has 0 aliphatic carbocycles. The van der Waals surface area contributed by atoms with Crippen LogP contribution in [0.25, 0.3) is 0 Å². The monoisotopic (exact) mass is 586 g/mol. The van der Waals surface area contributed by atoms with Crippen LogP contribution in [0.5, 0.6) is 0 Å². The molecule has 228 valence electrons. The van der Waals surface area contributed by atoms with Crippen LogP contribution >= 0.6 is 0 Å². The van der Waals surface area contributed by atoms with E-state index in [1.54, 1.807) is 41.5 Å². The summed E-state index contributed by atoms with van der Waals surface area (Å²) in [5, 5.41) is 16.5. The molecule has 0 spiro atoms. The third-order valence-electron chi connectivity index (χ3n) is 4.64. The number of nitrogens with zero attached hydrogens (tertiary/aromatic N) is 2. The topological polar surface area (TPSA) is 180 Å². The number of aliphatic hydroxyl groups excluding tert-OH is 1. The average molecular weight is 587 g/mol. The van der Waals surface area contributed by atoms with Crippen LogP contribution in [-0.2, 0) is 43.0 Å². The van der Waals surface area contributed by atoms with Gasteiger partial charge in [-0.15, -0.1) is 6.61 Å². The van der Waals surface area contributed by atoms with E-state index in [0.29, 0.717) is 26.2 Å². The summed E-state index contributed by atoms with van der Waals surface area (Å²) >= 11 is 0. The normalized spacial score (nSPS) is 13.4. The summed E-state index contributed by atoms with van der Waals surface area (Å²) in [4.78, 5) is 71.5. The number of Topliss-reactive ketones (excluding diaryl/α,β-unsaturated/α-hetero) is 1. The van der Waals surface area contributed by atoms with Gasteiger partial charge in [0.2, 0.25) is 11.8 Å². The smallest absolute Gasteiger partial charge is 0.855 e. The Hall–Kier alpha value is -2.06. The second-order valence-electron chi connectivity index (χ2n) is 7.43. The third-order valence-corrected chi connectivity index (χ3v) is 4.64. The average Bonchev–Trinajstić information content (AvgIpc) is 2.86. The van der Waals surface area contributed by atoms with E-state index in [-0.39, 0.29) is 99.5 Å². The van der Waals surface area contributed by atoms with Crippen molar-refractivity contribution < 1.29 is 82.7 Å². The van der Waals surface area contributed by atoms with E-state index in [9.17, 15) is 28.8 Å². The van der Waals surface area contributed by atoms with Crippen molar-refractivity contribution in [2.24, 2.45) is 5.92 Å². The number of amides is 2. The minimum Gasteiger partial charge on any atom is -0.855 e. The molecule has 1 saturated heterocycles. The number of carbonyl (C=O) groups is 6. The molecule has 0 radical (unpaired) electrons. The van der Waals surface area contributed by atoms with Crippen LogP contribution < -0.4 is 34.7 Å². The SMILES string of the molecule is CCO.CCOC(=O)C1C(=O)CCN(CC)C1=O.CCOC(=O)CCN(CC)C(=O)CC(=O)OCC.CC[O-].[Na+]. The maximum Gasteiger partial charge on any atom is 1.00 e. The first-order valence-electron chi connectivity index (χ1n) is 13.3. The molecule has 0 bridgehead atoms. The number of piperidine rings is 1. The van der Waals surface area contributed by atoms with Crippen molar-refractivity contribution >= 4 is 35.5 Å². The number of hydrogen-bond acceptors (Lipinski definition) is 11. The maximum atomic E-state index is 11.7. The zero-order chi connectivity index (χ0) is 30.8. The molecule has 1 heterocycles. The van der Waals surface area contributed by atoms with Gasteiger partial charge in [0.05, 0.1) is 26.2 Å². The molecule has 0 saturated carbocycles. The first-order valence-corrected chi connectivity index (χ1v) is 13.3. The number of ketones is 1. The maximum absolute atomic E-state index is 11.7. The molecule has 13 nitrogen and oxygen atoms in total. The fourth-order valence-corrected chi connectivity index (χ4v) is 2.96. The van der Waals surface area contributed by atoms with Crippen LogP contribution in [0.4, 0.5) is 0 Å². The summed E-state index contributed by atoms with van der Waals surface area (Å²) in [6, 6.07) is 0. The van der Waals surface area contributed by atoms with Crippen LogP contribution in [0.2, 0.25) is 0 Å². The number of aliphatic hydroxyl groups is 1. The Balaban J connectivity index is -0.000000267. The van der Waals surface area contributed by atoms with Gasteiger partial charge in [-0.2, -0.15) is 0 Å². The number of carbonyl (C=O) groups excluding carboxylic acids is 6. The molecular weight excluding hydrogens is 539 g/mol. The molecule has 0 aromatic heterocycles. The molecule has 1 rings (SSSR count). The molecule has 1 aliphatic heterocycles. The number of likely N-dealkylation sites (tertiary alicyclic amines) is 1. The van der Waals surface area contributed by atoms with Crippen molar-refractivity contribution in [1.82, 2.24) is 9.80 Å². The first kappa shape index (κ1) is 44.9. The predicted molar refractivity (Wildman–Crippen MR) is 140 cm³/mol. The van der Waals surface area contributed by atoms with Gasteiger partial charge in [0.25, 0.3) is 0 Å². The van der Waals surface area contributed by atoms with Crippen LogP contribution in [-0.4, -0.2) is 110 Å². The van der Waals surface area contributed by atoms with E-state index in [1.165, 1.54) is 9.80 Å². The van der Waals surface area contributed by atoms with Gasteiger partial charge in [0.15, 0.2) is 11.7 Å². The van der Waals surface area contributed by atoms with Crippen molar-refractivity contribution in [3.63, 3.8) is 0 Å². The number of esters is 3. The van der Waals surface area contributed by atoms with Gasteiger partial charge in [0.1, 0.15) is 6.42 Å². The Bertz CT molecular complexity index is 733. The minimum absolute atomic E-state index is 0. The Kier molecular flexibility index (Phi) is 33.6. The molecule has 1 fully saturated rings. The Morgan fingerprint density at radius 2 is 1.40 bits per heavy atom. The second kappa shape index (κ2) is 29.9. The molecule has 40 heavy (non-hydrogen) atoms. The summed E-state index contributed by atoms with van der Waals surface area (Å²) in [5.41, 5.74) is 0. The minimum atomic E-state index is -1.22. The summed E-state index contributed by atoms with van der Waals surface area (Å²) < 4.78 is 14.2. The summed E-state index contributed by atoms with van der Waals surface area (Å²) in [5.74, 6) is -3.92. The molecule has 0 aromatic carbocycles. The fraction of sp³-hybridized carbons (Fsp3) is 0.769. The number of ether oxygens (including phenoxy) is 3. The molecule has 0 aromatic rings. The van der Waals surface area contributed by atoms with Crippen molar-refractivity contribution in [2.45, 2.75) is 67.7 Å². The van der Waals surface area contributed by atoms with Gasteiger partial charge in [0, 0.05) is 39.2 Å². The van der Waals surface area contributed by atoms with Crippen LogP contribution in [0.1, 0.15) is 67.7 Å². The van der Waals surface area contributed by atoms with E-state index in [4.69, 9.17) is 24.4 Å². The Morgan fingerprint density at radius 1 is 0.925 bits per heavy atom. The number of hydrogen-bond donors (Lipinski definition) is 1. The van der Waals surface area contributed by atoms with Crippen molar-refractivity contribution in [1.29, 1.82) is 0 Å². The van der Waals surface area contributed by atoms with Gasteiger partial charge in [-0.3, -0.25) is 28.8 Å². The van der Waals surface area contributed by atoms with E-state index in [0.717, 1.165) is 0 Å². The van der Waals surface area contributed by atoms with Crippen molar-refractivity contribution in [3.05, 3.63) is 0 Å². The van der Waals surface area contributed by atoms with Crippen LogP contribution in [0.3, 0.4) is 0 Å². The van der Waals surface area contributed by atoms with Crippen molar-refractivity contribution in [2.75, 3.05) is 59.2 Å². The molecule has 14 heteroatoms. The van der Waals surface area contributed by atoms with Gasteiger partial charge >= 0.3 is 47.5 Å². The summed E-state index contributed by atoms with van der Waals surface area (Å²) in [6.07, 6.45) is 0.0871. The standard InChI is InChI=1S/C12H21NO5.C10H15NO4.C2H6O.C2H5O.Na/c1-4-13(8-7-11(15)17-5-2)10(14)9-12(16)18-6-3;1-3-11-6-5-7(12)8(9(11)13)10(14)15-4-2;2*1-2-3;/h4-9H2,1-3H3;8H,3-6H2,1-2H3;3H,2H2,1H3;2H2,1H3;/q;;;-1;+1. The van der Waals surface area contributed by atoms with Crippen LogP contribution in [0.15, 0.2) is 0 Å². The van der Waals surface area contributed by atoms with E-state index >= 15 is 0 Å². The molecule has 1 atom stereocenters. The summed E-state index contributed by atoms with van der Waals surface area (Å²) in [7, 11) is 0. The quantitative estimate of drug-likeness (QED) is 0.114. The number of rotatable bonds is 11. The van der Waals surface area contributed by atoms with Gasteiger partial charge < -0.3 is 34.2 Å². The van der Waals surface area contributed by atoms with Crippen molar-refractivity contribution in [3.8, 4) is 0 Å². The zero-order valence-corrected chi connectivity index (χ0v) is 27.5. The van der Waals surface area contributed by atoms with E-state index in [2.05, 4.69) is 0 Å². The molecular formula is C26H47N2NaO11. The zero-order valence-electron chi connectivity index (χ0n) is 25.5. The van der Waals surface area contributed by atoms with Crippen LogP contribution in [0, 0.1) is 5.92 Å². The third kappa shape index (κ3) is 21.7. The first-order chi connectivity index (χ1) is 18.5. The summed E-state index contributed by atoms with van der Waals surface area (Å²) in [6.45, 7) is 14.5. The largest absolute Gasteiger partial charge is 1.00 e. The molecule has 1 N–H and O–H groups in total. The van der Waals surface area contributed by atoms with Gasteiger partial charge in [-0.05, 0) is 41.5 Å². The Morgan fingerprint density at radius 3 is 1.82 bits per heavy atom. The molecule has 1 aliphatic rings. The van der Waals surface area contributed by atoms with Gasteiger partial charge in [-0.25, -0.2) is 0 Å². The fourth-order valence-electron chi connectivity index (χ4n) is 2.96. The van der Waals surface area contributed by atoms with Gasteiger partial charge in [-0.1, -0.05) is 6.92 Å². The molecule has 1 unspecified atom stereocenters. The van der Waals surface area contributed by atoms with E-state index < -0.39 is 23.8 Å². The molecule has 2 amide bonds. The predicted octanol–water partition coefficient (Wildman–Crippen LogP) is -2.90. The van der Waals surface area contributed by atoms with E-state index in [1.807, 2.05) is 6.92 Å². The Labute approximate surface area is 260 Å². The second-order valence-corrected chi connectivity index (χ2v) is 7.43.